The van der Waals surface area contributed by atoms with Crippen molar-refractivity contribution >= 4 is 45.3 Å². The van der Waals surface area contributed by atoms with Crippen LogP contribution in [-0.4, -0.2) is 58.4 Å². The number of aromatic nitrogens is 4. The van der Waals surface area contributed by atoms with Gasteiger partial charge in [0.05, 0.1) is 24.1 Å². The third kappa shape index (κ3) is 4.98. The van der Waals surface area contributed by atoms with E-state index in [-0.39, 0.29) is 6.10 Å². The highest BCUT2D eigenvalue weighted by atomic mass is 127. The molecule has 0 unspecified atom stereocenters. The minimum atomic E-state index is 0.144. The van der Waals surface area contributed by atoms with Crippen LogP contribution in [0.2, 0.25) is 0 Å². The summed E-state index contributed by atoms with van der Waals surface area (Å²) in [5.41, 5.74) is 0.917. The van der Waals surface area contributed by atoms with Crippen LogP contribution in [0, 0.1) is 3.70 Å². The summed E-state index contributed by atoms with van der Waals surface area (Å²) < 4.78 is 12.9. The Balaban J connectivity index is 1.28. The van der Waals surface area contributed by atoms with Gasteiger partial charge in [-0.15, -0.1) is 0 Å². The van der Waals surface area contributed by atoms with Crippen LogP contribution in [0.3, 0.4) is 0 Å². The number of rotatable bonds is 5. The number of pyridine rings is 2. The van der Waals surface area contributed by atoms with Gasteiger partial charge in [0.15, 0.2) is 0 Å². The highest BCUT2D eigenvalue weighted by Crippen LogP contribution is 2.31. The van der Waals surface area contributed by atoms with Crippen molar-refractivity contribution in [1.29, 1.82) is 0 Å². The Kier molecular flexibility index (Phi) is 6.30. The maximum absolute atomic E-state index is 6.45. The molecule has 1 aliphatic carbocycles. The fourth-order valence-corrected chi connectivity index (χ4v) is 4.54. The summed E-state index contributed by atoms with van der Waals surface area (Å²) in [4.78, 5) is 20.4. The van der Waals surface area contributed by atoms with Crippen LogP contribution in [0.1, 0.15) is 25.7 Å². The van der Waals surface area contributed by atoms with Gasteiger partial charge in [0.1, 0.15) is 15.6 Å². The second-order valence-corrected chi connectivity index (χ2v) is 9.00. The van der Waals surface area contributed by atoms with Crippen LogP contribution in [0.4, 0.5) is 11.8 Å². The largest absolute Gasteiger partial charge is 0.474 e. The molecule has 0 aromatic carbocycles. The number of morpholine rings is 1. The third-order valence-corrected chi connectivity index (χ3v) is 6.39. The number of ether oxygens (including phenoxy) is 2. The number of nitrogens with one attached hydrogen (secondary N) is 1. The van der Waals surface area contributed by atoms with Crippen molar-refractivity contribution < 1.29 is 9.47 Å². The van der Waals surface area contributed by atoms with Crippen LogP contribution in [-0.2, 0) is 4.74 Å². The maximum Gasteiger partial charge on any atom is 0.225 e. The molecule has 0 atom stereocenters. The Labute approximate surface area is 194 Å². The first kappa shape index (κ1) is 20.6. The van der Waals surface area contributed by atoms with E-state index in [0.29, 0.717) is 17.9 Å². The first-order chi connectivity index (χ1) is 15.2. The van der Waals surface area contributed by atoms with Crippen LogP contribution < -0.4 is 15.0 Å². The fourth-order valence-electron chi connectivity index (χ4n) is 4.15. The lowest BCUT2D eigenvalue weighted by Crippen LogP contribution is -2.37. The van der Waals surface area contributed by atoms with E-state index < -0.39 is 0 Å². The molecule has 1 saturated carbocycles. The molecular weight excluding hydrogens is 507 g/mol. The van der Waals surface area contributed by atoms with Gasteiger partial charge >= 0.3 is 0 Å². The molecule has 0 spiro atoms. The van der Waals surface area contributed by atoms with Gasteiger partial charge < -0.3 is 19.7 Å². The topological polar surface area (TPSA) is 85.3 Å². The fraction of sp³-hybridized carbons (Fsp3) is 0.455. The molecule has 1 N–H and O–H groups in total. The van der Waals surface area contributed by atoms with Gasteiger partial charge in [-0.2, -0.15) is 4.98 Å². The molecule has 9 heteroatoms. The Morgan fingerprint density at radius 2 is 1.87 bits per heavy atom. The summed E-state index contributed by atoms with van der Waals surface area (Å²) in [5.74, 6) is 2.30. The molecule has 2 fully saturated rings. The quantitative estimate of drug-likeness (QED) is 0.394. The van der Waals surface area contributed by atoms with Crippen LogP contribution >= 0.6 is 22.6 Å². The zero-order valence-corrected chi connectivity index (χ0v) is 19.4. The zero-order valence-electron chi connectivity index (χ0n) is 17.2. The van der Waals surface area contributed by atoms with Crippen LogP contribution in [0.5, 0.6) is 5.88 Å². The molecular formula is C22H25IN6O2. The highest BCUT2D eigenvalue weighted by molar-refractivity contribution is 14.1. The summed E-state index contributed by atoms with van der Waals surface area (Å²) in [6, 6.07) is 8.29. The smallest absolute Gasteiger partial charge is 0.225 e. The van der Waals surface area contributed by atoms with Gasteiger partial charge in [-0.25, -0.2) is 9.97 Å². The predicted octanol–water partition coefficient (Wildman–Crippen LogP) is 3.66. The predicted molar refractivity (Wildman–Crippen MR) is 128 cm³/mol. The summed E-state index contributed by atoms with van der Waals surface area (Å²) in [6.45, 7) is 3.11. The van der Waals surface area contributed by atoms with Gasteiger partial charge in [-0.05, 0) is 66.5 Å². The number of fused-ring (bicyclic) bond motifs is 1. The molecule has 162 valence electrons. The second-order valence-electron chi connectivity index (χ2n) is 7.89. The normalized spacial score (nSPS) is 21.8. The van der Waals surface area contributed by atoms with Crippen molar-refractivity contribution in [2.45, 2.75) is 37.8 Å². The Bertz CT molecular complexity index is 1040. The molecule has 1 aliphatic heterocycles. The number of hydrogen-bond donors (Lipinski definition) is 1. The molecule has 31 heavy (non-hydrogen) atoms. The van der Waals surface area contributed by atoms with Crippen molar-refractivity contribution in [2.24, 2.45) is 0 Å². The zero-order chi connectivity index (χ0) is 21.0. The van der Waals surface area contributed by atoms with E-state index in [0.717, 1.165) is 72.4 Å². The Morgan fingerprint density at radius 1 is 1.03 bits per heavy atom. The van der Waals surface area contributed by atoms with Gasteiger partial charge in [-0.1, -0.05) is 0 Å². The average molecular weight is 532 g/mol. The van der Waals surface area contributed by atoms with E-state index >= 15 is 0 Å². The Morgan fingerprint density at radius 3 is 2.68 bits per heavy atom. The van der Waals surface area contributed by atoms with E-state index in [2.05, 4.69) is 53.8 Å². The van der Waals surface area contributed by atoms with Gasteiger partial charge in [-0.3, -0.25) is 4.98 Å². The van der Waals surface area contributed by atoms with Crippen molar-refractivity contribution in [3.05, 3.63) is 40.4 Å². The highest BCUT2D eigenvalue weighted by Gasteiger charge is 2.25. The van der Waals surface area contributed by atoms with Gasteiger partial charge in [0, 0.05) is 37.6 Å². The molecule has 0 bridgehead atoms. The first-order valence-electron chi connectivity index (χ1n) is 10.7. The van der Waals surface area contributed by atoms with E-state index in [9.17, 15) is 0 Å². The maximum atomic E-state index is 6.45. The monoisotopic (exact) mass is 532 g/mol. The van der Waals surface area contributed by atoms with E-state index in [4.69, 9.17) is 14.5 Å². The first-order valence-corrected chi connectivity index (χ1v) is 11.8. The standard InChI is InChI=1S/C22H25IN6O2/c23-19-7-9-25-22(27-19)26-15-3-5-16(6-4-15)31-21-17-2-1-8-24-18(17)14-20(28-21)29-10-12-30-13-11-29/h1-2,7-9,14-16H,3-6,10-13H2,(H,25,26,27). The average Bonchev–Trinajstić information content (AvgIpc) is 2.81. The van der Waals surface area contributed by atoms with Crippen LogP contribution in [0.25, 0.3) is 10.9 Å². The minimum Gasteiger partial charge on any atom is -0.474 e. The Hall–Kier alpha value is -2.27. The van der Waals surface area contributed by atoms with Crippen molar-refractivity contribution in [1.82, 2.24) is 19.9 Å². The summed E-state index contributed by atoms with van der Waals surface area (Å²) in [5, 5.41) is 4.43. The molecule has 3 aromatic rings. The number of nitrogens with zero attached hydrogens (tertiary/aromatic N) is 5. The molecule has 0 radical (unpaired) electrons. The van der Waals surface area contributed by atoms with Crippen molar-refractivity contribution in [3.63, 3.8) is 0 Å². The molecule has 2 aliphatic rings. The SMILES string of the molecule is Ic1ccnc(NC2CCC(Oc3nc(N4CCOCC4)cc4ncccc34)CC2)n1. The lowest BCUT2D eigenvalue weighted by molar-refractivity contribution is 0.122. The molecule has 5 rings (SSSR count). The molecule has 1 saturated heterocycles. The summed E-state index contributed by atoms with van der Waals surface area (Å²) >= 11 is 2.21. The van der Waals surface area contributed by atoms with Gasteiger partial charge in [0.25, 0.3) is 0 Å². The van der Waals surface area contributed by atoms with E-state index in [1.165, 1.54) is 0 Å². The number of halogens is 1. The van der Waals surface area contributed by atoms with Crippen LogP contribution in [0.15, 0.2) is 36.7 Å². The van der Waals surface area contributed by atoms with E-state index in [1.54, 1.807) is 6.20 Å². The molecule has 4 heterocycles. The minimum absolute atomic E-state index is 0.144. The summed E-state index contributed by atoms with van der Waals surface area (Å²) in [7, 11) is 0. The number of anilines is 2. The van der Waals surface area contributed by atoms with Gasteiger partial charge in [0.2, 0.25) is 11.8 Å². The molecule has 0 amide bonds. The van der Waals surface area contributed by atoms with Crippen molar-refractivity contribution in [2.75, 3.05) is 36.5 Å². The lowest BCUT2D eigenvalue weighted by atomic mass is 9.93. The molecule has 3 aromatic heterocycles. The van der Waals surface area contributed by atoms with Crippen molar-refractivity contribution in [3.8, 4) is 5.88 Å². The number of hydrogen-bond acceptors (Lipinski definition) is 8. The summed E-state index contributed by atoms with van der Waals surface area (Å²) in [6.07, 6.45) is 7.71. The molecule has 8 nitrogen and oxygen atoms in total. The lowest BCUT2D eigenvalue weighted by Gasteiger charge is -2.31. The third-order valence-electron chi connectivity index (χ3n) is 5.79. The second kappa shape index (κ2) is 9.47. The van der Waals surface area contributed by atoms with E-state index in [1.807, 2.05) is 24.4 Å².